The molecule has 0 spiro atoms. The predicted octanol–water partition coefficient (Wildman–Crippen LogP) is 3.86. The van der Waals surface area contributed by atoms with Crippen LogP contribution in [0.2, 0.25) is 5.02 Å². The summed E-state index contributed by atoms with van der Waals surface area (Å²) in [5, 5.41) is 21.0. The number of nitrogens with zero attached hydrogens (tertiary/aromatic N) is 6. The SMILES string of the molecule is CN(C)Cc1cnc(-c2ccccc2Cl)c2cc([N+](=O)[O-])c3nncc3c2n1. The van der Waals surface area contributed by atoms with Crippen LogP contribution in [0.1, 0.15) is 5.69 Å². The minimum absolute atomic E-state index is 0.141. The van der Waals surface area contributed by atoms with Crippen LogP contribution in [0, 0.1) is 10.1 Å². The Morgan fingerprint density at radius 2 is 1.93 bits per heavy atom. The monoisotopic (exact) mass is 394 g/mol. The van der Waals surface area contributed by atoms with Gasteiger partial charge in [-0.3, -0.25) is 15.1 Å². The van der Waals surface area contributed by atoms with Gasteiger partial charge in [0.15, 0.2) is 5.52 Å². The highest BCUT2D eigenvalue weighted by molar-refractivity contribution is 6.33. The van der Waals surface area contributed by atoms with Crippen molar-refractivity contribution in [3.05, 3.63) is 63.6 Å². The van der Waals surface area contributed by atoms with Crippen molar-refractivity contribution >= 4 is 39.1 Å². The summed E-state index contributed by atoms with van der Waals surface area (Å²) in [4.78, 5) is 22.5. The number of hydrogen-bond acceptors (Lipinski definition) is 7. The van der Waals surface area contributed by atoms with E-state index in [-0.39, 0.29) is 11.2 Å². The third kappa shape index (κ3) is 3.12. The normalized spacial score (nSPS) is 11.4. The number of nitro groups is 1. The number of fused-ring (bicyclic) bond motifs is 3. The van der Waals surface area contributed by atoms with E-state index in [1.807, 2.05) is 37.2 Å². The van der Waals surface area contributed by atoms with Crippen LogP contribution in [-0.4, -0.2) is 44.1 Å². The van der Waals surface area contributed by atoms with Crippen LogP contribution in [-0.2, 0) is 6.54 Å². The molecule has 8 nitrogen and oxygen atoms in total. The molecule has 0 unspecified atom stereocenters. The first-order valence-electron chi connectivity index (χ1n) is 8.43. The molecule has 0 fully saturated rings. The summed E-state index contributed by atoms with van der Waals surface area (Å²) in [6.07, 6.45) is 3.16. The lowest BCUT2D eigenvalue weighted by molar-refractivity contribution is -0.383. The molecule has 0 bridgehead atoms. The molecule has 0 saturated heterocycles. The number of hydrogen-bond donors (Lipinski definition) is 0. The molecule has 140 valence electrons. The Balaban J connectivity index is 2.18. The molecule has 28 heavy (non-hydrogen) atoms. The standard InChI is InChI=1S/C19H15ClN6O2/c1-25(2)10-11-8-21-17(12-5-3-4-6-15(12)20)13-7-16(26(27)28)19-14(9-22-24-19)18(13)23-11/h3-9H,10H2,1-2H3. The van der Waals surface area contributed by atoms with Gasteiger partial charge in [0.2, 0.25) is 0 Å². The fraction of sp³-hybridized carbons (Fsp3) is 0.158. The fourth-order valence-corrected chi connectivity index (χ4v) is 3.35. The number of non-ortho nitro benzene ring substituents is 1. The van der Waals surface area contributed by atoms with Crippen molar-refractivity contribution in [3.63, 3.8) is 0 Å². The lowest BCUT2D eigenvalue weighted by Gasteiger charge is -2.06. The zero-order chi connectivity index (χ0) is 19.8. The number of benzene rings is 2. The molecular weight excluding hydrogens is 380 g/mol. The molecule has 0 amide bonds. The smallest absolute Gasteiger partial charge is 0.298 e. The minimum atomic E-state index is -0.472. The molecule has 2 heterocycles. The summed E-state index contributed by atoms with van der Waals surface area (Å²) in [6, 6.07) is 8.69. The number of halogens is 1. The molecule has 4 rings (SSSR count). The van der Waals surface area contributed by atoms with Crippen molar-refractivity contribution in [2.24, 2.45) is 0 Å². The maximum Gasteiger partial charge on any atom is 0.298 e. The van der Waals surface area contributed by atoms with E-state index in [0.29, 0.717) is 44.8 Å². The van der Waals surface area contributed by atoms with Crippen molar-refractivity contribution in [1.82, 2.24) is 25.1 Å². The quantitative estimate of drug-likeness (QED) is 0.382. The van der Waals surface area contributed by atoms with E-state index in [4.69, 9.17) is 16.6 Å². The molecule has 2 aromatic heterocycles. The molecule has 9 heteroatoms. The van der Waals surface area contributed by atoms with E-state index in [1.54, 1.807) is 12.3 Å². The van der Waals surface area contributed by atoms with Crippen molar-refractivity contribution in [2.45, 2.75) is 6.54 Å². The summed E-state index contributed by atoms with van der Waals surface area (Å²) in [5.41, 5.74) is 2.52. The average molecular weight is 395 g/mol. The van der Waals surface area contributed by atoms with Crippen LogP contribution in [0.15, 0.2) is 42.7 Å². The third-order valence-corrected chi connectivity index (χ3v) is 4.62. The molecule has 0 aliphatic heterocycles. The highest BCUT2D eigenvalue weighted by Crippen LogP contribution is 2.36. The van der Waals surface area contributed by atoms with E-state index < -0.39 is 4.92 Å². The summed E-state index contributed by atoms with van der Waals surface area (Å²) in [5.74, 6) is 0. The first-order chi connectivity index (χ1) is 13.5. The van der Waals surface area contributed by atoms with Gasteiger partial charge in [0.25, 0.3) is 5.69 Å². The highest BCUT2D eigenvalue weighted by atomic mass is 35.5. The van der Waals surface area contributed by atoms with Gasteiger partial charge in [0, 0.05) is 28.6 Å². The molecule has 0 radical (unpaired) electrons. The molecule has 0 N–H and O–H groups in total. The second-order valence-electron chi connectivity index (χ2n) is 6.58. The van der Waals surface area contributed by atoms with Crippen molar-refractivity contribution in [1.29, 1.82) is 0 Å². The van der Waals surface area contributed by atoms with Gasteiger partial charge >= 0.3 is 0 Å². The van der Waals surface area contributed by atoms with Gasteiger partial charge < -0.3 is 4.90 Å². The van der Waals surface area contributed by atoms with Crippen LogP contribution < -0.4 is 0 Å². The van der Waals surface area contributed by atoms with Crippen molar-refractivity contribution < 1.29 is 4.92 Å². The molecule has 0 saturated carbocycles. The summed E-state index contributed by atoms with van der Waals surface area (Å²) in [7, 11) is 3.86. The number of rotatable bonds is 4. The first kappa shape index (κ1) is 18.1. The van der Waals surface area contributed by atoms with Gasteiger partial charge in [-0.25, -0.2) is 4.98 Å². The molecule has 2 aromatic carbocycles. The average Bonchev–Trinajstić information content (AvgIpc) is 3.06. The maximum absolute atomic E-state index is 11.6. The zero-order valence-corrected chi connectivity index (χ0v) is 15.9. The van der Waals surface area contributed by atoms with Gasteiger partial charge in [-0.2, -0.15) is 5.10 Å². The van der Waals surface area contributed by atoms with Crippen LogP contribution in [0.25, 0.3) is 33.1 Å². The summed E-state index contributed by atoms with van der Waals surface area (Å²) >= 11 is 6.40. The number of aromatic nitrogens is 4. The van der Waals surface area contributed by atoms with Crippen molar-refractivity contribution in [2.75, 3.05) is 14.1 Å². The zero-order valence-electron chi connectivity index (χ0n) is 15.1. The van der Waals surface area contributed by atoms with Gasteiger partial charge in [0.05, 0.1) is 39.6 Å². The maximum atomic E-state index is 11.6. The second-order valence-corrected chi connectivity index (χ2v) is 6.99. The van der Waals surface area contributed by atoms with Crippen LogP contribution in [0.4, 0.5) is 5.69 Å². The Labute approximate surface area is 165 Å². The van der Waals surface area contributed by atoms with Gasteiger partial charge in [-0.05, 0) is 20.2 Å². The van der Waals surface area contributed by atoms with Gasteiger partial charge in [-0.1, -0.05) is 29.8 Å². The van der Waals surface area contributed by atoms with Gasteiger partial charge in [0.1, 0.15) is 0 Å². The second kappa shape index (κ2) is 7.06. The number of nitro benzene ring substituents is 1. The Morgan fingerprint density at radius 3 is 2.64 bits per heavy atom. The van der Waals surface area contributed by atoms with Crippen LogP contribution in [0.3, 0.4) is 0 Å². The minimum Gasteiger partial charge on any atom is -0.304 e. The Bertz CT molecular complexity index is 1230. The first-order valence-corrected chi connectivity index (χ1v) is 8.81. The highest BCUT2D eigenvalue weighted by Gasteiger charge is 2.22. The Hall–Kier alpha value is -3.23. The molecular formula is C19H15ClN6O2. The van der Waals surface area contributed by atoms with Crippen LogP contribution in [0.5, 0.6) is 0 Å². The topological polar surface area (TPSA) is 97.9 Å². The van der Waals surface area contributed by atoms with Gasteiger partial charge in [-0.15, -0.1) is 5.10 Å². The van der Waals surface area contributed by atoms with Crippen molar-refractivity contribution in [3.8, 4) is 11.3 Å². The van der Waals surface area contributed by atoms with Crippen LogP contribution >= 0.6 is 11.6 Å². The molecule has 0 aliphatic carbocycles. The van der Waals surface area contributed by atoms with E-state index >= 15 is 0 Å². The molecule has 0 atom stereocenters. The Morgan fingerprint density at radius 1 is 1.14 bits per heavy atom. The lowest BCUT2D eigenvalue weighted by Crippen LogP contribution is -2.11. The predicted molar refractivity (Wildman–Crippen MR) is 107 cm³/mol. The molecule has 0 aliphatic rings. The summed E-state index contributed by atoms with van der Waals surface area (Å²) in [6.45, 7) is 0.554. The van der Waals surface area contributed by atoms with E-state index in [1.165, 1.54) is 12.3 Å². The van der Waals surface area contributed by atoms with E-state index in [0.717, 1.165) is 0 Å². The fourth-order valence-electron chi connectivity index (χ4n) is 3.13. The summed E-state index contributed by atoms with van der Waals surface area (Å²) < 4.78 is 0. The largest absolute Gasteiger partial charge is 0.304 e. The van der Waals surface area contributed by atoms with E-state index in [2.05, 4.69) is 15.2 Å². The Kier molecular flexibility index (Phi) is 4.58. The third-order valence-electron chi connectivity index (χ3n) is 4.29. The lowest BCUT2D eigenvalue weighted by atomic mass is 10.0. The van der Waals surface area contributed by atoms with E-state index in [9.17, 15) is 10.1 Å². The molecule has 4 aromatic rings.